The molecule has 94 valence electrons. The van der Waals surface area contributed by atoms with Crippen LogP contribution in [0.25, 0.3) is 11.0 Å². The predicted molar refractivity (Wildman–Crippen MR) is 67.6 cm³/mol. The topological polar surface area (TPSA) is 39.4 Å². The highest BCUT2D eigenvalue weighted by molar-refractivity contribution is 6.03. The van der Waals surface area contributed by atoms with Gasteiger partial charge < -0.3 is 9.15 Å². The summed E-state index contributed by atoms with van der Waals surface area (Å²) in [5.74, 6) is -0.623. The van der Waals surface area contributed by atoms with Gasteiger partial charge in [-0.25, -0.2) is 9.18 Å². The monoisotopic (exact) mass is 256 g/mol. The molecule has 3 aromatic rings. The van der Waals surface area contributed by atoms with Gasteiger partial charge >= 0.3 is 5.97 Å². The van der Waals surface area contributed by atoms with Crippen LogP contribution in [0.4, 0.5) is 4.39 Å². The Morgan fingerprint density at radius 1 is 1.05 bits per heavy atom. The third-order valence-electron chi connectivity index (χ3n) is 2.73. The van der Waals surface area contributed by atoms with Crippen molar-refractivity contribution >= 4 is 16.9 Å². The molecule has 0 spiro atoms. The van der Waals surface area contributed by atoms with Crippen molar-refractivity contribution in [1.82, 2.24) is 0 Å². The molecule has 3 rings (SSSR count). The Kier molecular flexibility index (Phi) is 2.76. The van der Waals surface area contributed by atoms with Gasteiger partial charge in [-0.2, -0.15) is 0 Å². The number of hydrogen-bond donors (Lipinski definition) is 0. The Morgan fingerprint density at radius 3 is 2.58 bits per heavy atom. The van der Waals surface area contributed by atoms with Gasteiger partial charge in [0, 0.05) is 5.39 Å². The molecule has 2 aromatic carbocycles. The standard InChI is InChI=1S/C15H9FO3/c16-10-5-7-11(8-6-10)19-15(17)13-9-18-14-4-2-1-3-12(13)14/h1-9H. The zero-order chi connectivity index (χ0) is 13.2. The van der Waals surface area contributed by atoms with E-state index in [9.17, 15) is 9.18 Å². The van der Waals surface area contributed by atoms with Crippen LogP contribution >= 0.6 is 0 Å². The lowest BCUT2D eigenvalue weighted by molar-refractivity contribution is 0.0735. The number of fused-ring (bicyclic) bond motifs is 1. The van der Waals surface area contributed by atoms with Gasteiger partial charge in [0.15, 0.2) is 0 Å². The van der Waals surface area contributed by atoms with E-state index in [-0.39, 0.29) is 11.6 Å². The summed E-state index contributed by atoms with van der Waals surface area (Å²) in [7, 11) is 0. The molecule has 0 unspecified atom stereocenters. The number of carbonyl (C=O) groups excluding carboxylic acids is 1. The minimum Gasteiger partial charge on any atom is -0.463 e. The maximum absolute atomic E-state index is 12.8. The molecule has 0 N–H and O–H groups in total. The number of furan rings is 1. The molecule has 4 heteroatoms. The summed E-state index contributed by atoms with van der Waals surface area (Å²) in [5.41, 5.74) is 0.966. The molecule has 1 aromatic heterocycles. The molecule has 0 aliphatic heterocycles. The van der Waals surface area contributed by atoms with Crippen LogP contribution in [0.2, 0.25) is 0 Å². The summed E-state index contributed by atoms with van der Waals surface area (Å²) >= 11 is 0. The maximum atomic E-state index is 12.8. The SMILES string of the molecule is O=C(Oc1ccc(F)cc1)c1coc2ccccc12. The number of carbonyl (C=O) groups is 1. The predicted octanol–water partition coefficient (Wildman–Crippen LogP) is 3.79. The first kappa shape index (κ1) is 11.5. The summed E-state index contributed by atoms with van der Waals surface area (Å²) in [6, 6.07) is 12.4. The van der Waals surface area contributed by atoms with Crippen LogP contribution in [0.15, 0.2) is 59.2 Å². The fraction of sp³-hybridized carbons (Fsp3) is 0. The van der Waals surface area contributed by atoms with Gasteiger partial charge in [0.25, 0.3) is 0 Å². The third kappa shape index (κ3) is 2.20. The fourth-order valence-corrected chi connectivity index (χ4v) is 1.80. The van der Waals surface area contributed by atoms with E-state index in [0.717, 1.165) is 0 Å². The average Bonchev–Trinajstić information content (AvgIpc) is 2.85. The lowest BCUT2D eigenvalue weighted by Crippen LogP contribution is -2.07. The van der Waals surface area contributed by atoms with E-state index < -0.39 is 5.97 Å². The van der Waals surface area contributed by atoms with Crippen molar-refractivity contribution < 1.29 is 18.3 Å². The van der Waals surface area contributed by atoms with Crippen molar-refractivity contribution in [3.63, 3.8) is 0 Å². The van der Waals surface area contributed by atoms with Crippen molar-refractivity contribution in [3.05, 3.63) is 66.2 Å². The smallest absolute Gasteiger partial charge is 0.347 e. The van der Waals surface area contributed by atoms with Crippen LogP contribution in [0.1, 0.15) is 10.4 Å². The average molecular weight is 256 g/mol. The molecule has 0 saturated heterocycles. The van der Waals surface area contributed by atoms with Gasteiger partial charge in [-0.15, -0.1) is 0 Å². The number of esters is 1. The van der Waals surface area contributed by atoms with E-state index in [1.165, 1.54) is 30.5 Å². The van der Waals surface area contributed by atoms with Crippen LogP contribution in [0, 0.1) is 5.82 Å². The number of benzene rings is 2. The molecular formula is C15H9FO3. The first-order valence-corrected chi connectivity index (χ1v) is 5.68. The molecule has 3 nitrogen and oxygen atoms in total. The van der Waals surface area contributed by atoms with Gasteiger partial charge in [0.2, 0.25) is 0 Å². The molecule has 1 heterocycles. The lowest BCUT2D eigenvalue weighted by Gasteiger charge is -2.02. The number of para-hydroxylation sites is 1. The highest BCUT2D eigenvalue weighted by Gasteiger charge is 2.15. The Labute approximate surface area is 108 Å². The van der Waals surface area contributed by atoms with E-state index in [0.29, 0.717) is 16.5 Å². The van der Waals surface area contributed by atoms with E-state index in [2.05, 4.69) is 0 Å². The zero-order valence-electron chi connectivity index (χ0n) is 9.80. The van der Waals surface area contributed by atoms with Crippen molar-refractivity contribution in [2.75, 3.05) is 0 Å². The second kappa shape index (κ2) is 4.57. The fourth-order valence-electron chi connectivity index (χ4n) is 1.80. The largest absolute Gasteiger partial charge is 0.463 e. The van der Waals surface area contributed by atoms with Crippen molar-refractivity contribution in [3.8, 4) is 5.75 Å². The molecule has 0 radical (unpaired) electrons. The minimum atomic E-state index is -0.531. The van der Waals surface area contributed by atoms with E-state index in [1.807, 2.05) is 12.1 Å². The minimum absolute atomic E-state index is 0.289. The number of hydrogen-bond acceptors (Lipinski definition) is 3. The number of ether oxygens (including phenoxy) is 1. The highest BCUT2D eigenvalue weighted by atomic mass is 19.1. The van der Waals surface area contributed by atoms with Crippen molar-refractivity contribution in [1.29, 1.82) is 0 Å². The maximum Gasteiger partial charge on any atom is 0.347 e. The lowest BCUT2D eigenvalue weighted by atomic mass is 10.2. The molecule has 0 fully saturated rings. The van der Waals surface area contributed by atoms with Crippen LogP contribution < -0.4 is 4.74 Å². The summed E-state index contributed by atoms with van der Waals surface area (Å²) < 4.78 is 23.2. The van der Waals surface area contributed by atoms with Crippen molar-refractivity contribution in [2.24, 2.45) is 0 Å². The second-order valence-corrected chi connectivity index (χ2v) is 3.99. The number of halogens is 1. The van der Waals surface area contributed by atoms with E-state index in [1.54, 1.807) is 12.1 Å². The quantitative estimate of drug-likeness (QED) is 0.517. The molecule has 0 aliphatic carbocycles. The summed E-state index contributed by atoms with van der Waals surface area (Å²) in [6.07, 6.45) is 1.36. The Morgan fingerprint density at radius 2 is 1.79 bits per heavy atom. The first-order valence-electron chi connectivity index (χ1n) is 5.68. The van der Waals surface area contributed by atoms with Crippen LogP contribution in [0.3, 0.4) is 0 Å². The van der Waals surface area contributed by atoms with Crippen molar-refractivity contribution in [2.45, 2.75) is 0 Å². The Hall–Kier alpha value is -2.62. The molecule has 0 bridgehead atoms. The first-order chi connectivity index (χ1) is 9.24. The molecule has 0 amide bonds. The van der Waals surface area contributed by atoms with Crippen LogP contribution in [-0.2, 0) is 0 Å². The molecule has 0 aliphatic rings. The zero-order valence-corrected chi connectivity index (χ0v) is 9.80. The molecule has 0 atom stereocenters. The van der Waals surface area contributed by atoms with Gasteiger partial charge in [-0.05, 0) is 30.3 Å². The normalized spacial score (nSPS) is 10.6. The molecule has 19 heavy (non-hydrogen) atoms. The molecular weight excluding hydrogens is 247 g/mol. The highest BCUT2D eigenvalue weighted by Crippen LogP contribution is 2.22. The summed E-state index contributed by atoms with van der Waals surface area (Å²) in [6.45, 7) is 0. The Balaban J connectivity index is 1.90. The van der Waals surface area contributed by atoms with Crippen LogP contribution in [0.5, 0.6) is 5.75 Å². The Bertz CT molecular complexity index is 728. The summed E-state index contributed by atoms with van der Waals surface area (Å²) in [5, 5.41) is 0.689. The van der Waals surface area contributed by atoms with Gasteiger partial charge in [-0.1, -0.05) is 18.2 Å². The van der Waals surface area contributed by atoms with Gasteiger partial charge in [-0.3, -0.25) is 0 Å². The molecule has 0 saturated carbocycles. The van der Waals surface area contributed by atoms with E-state index >= 15 is 0 Å². The van der Waals surface area contributed by atoms with Gasteiger partial charge in [0.05, 0.1) is 0 Å². The number of rotatable bonds is 2. The summed E-state index contributed by atoms with van der Waals surface area (Å²) in [4.78, 5) is 12.0. The van der Waals surface area contributed by atoms with E-state index in [4.69, 9.17) is 9.15 Å². The van der Waals surface area contributed by atoms with Crippen LogP contribution in [-0.4, -0.2) is 5.97 Å². The third-order valence-corrected chi connectivity index (χ3v) is 2.73. The second-order valence-electron chi connectivity index (χ2n) is 3.99. The van der Waals surface area contributed by atoms with Gasteiger partial charge in [0.1, 0.15) is 29.0 Å².